The molecule has 0 saturated carbocycles. The molecule has 3 aromatic rings. The van der Waals surface area contributed by atoms with Crippen molar-refractivity contribution in [2.75, 3.05) is 4.90 Å². The van der Waals surface area contributed by atoms with Gasteiger partial charge in [0.2, 0.25) is 11.8 Å². The number of allylic oxidation sites excluding steroid dienone is 1. The number of fused-ring (bicyclic) bond motifs is 1. The first-order valence-electron chi connectivity index (χ1n) is 10.1. The summed E-state index contributed by atoms with van der Waals surface area (Å²) in [5, 5.41) is 2.60. The zero-order valence-electron chi connectivity index (χ0n) is 16.5. The van der Waals surface area contributed by atoms with E-state index in [1.54, 1.807) is 36.4 Å². The van der Waals surface area contributed by atoms with Crippen LogP contribution in [0.1, 0.15) is 18.0 Å². The van der Waals surface area contributed by atoms with Gasteiger partial charge in [-0.3, -0.25) is 9.59 Å². The summed E-state index contributed by atoms with van der Waals surface area (Å²) in [6, 6.07) is 17.5. The molecule has 1 aliphatic carbocycles. The average molecular weight is 416 g/mol. The molecule has 156 valence electrons. The van der Waals surface area contributed by atoms with Crippen molar-refractivity contribution >= 4 is 17.5 Å². The Morgan fingerprint density at radius 2 is 1.52 bits per heavy atom. The summed E-state index contributed by atoms with van der Waals surface area (Å²) in [5.74, 6) is -1.68. The number of para-hydroxylation sites is 1. The highest BCUT2D eigenvalue weighted by Gasteiger charge is 2.49. The van der Waals surface area contributed by atoms with Gasteiger partial charge in [0.1, 0.15) is 0 Å². The van der Waals surface area contributed by atoms with Gasteiger partial charge in [-0.25, -0.2) is 28.8 Å². The maximum atomic E-state index is 13.0. The average Bonchev–Trinajstić information content (AvgIpc) is 3.22. The van der Waals surface area contributed by atoms with E-state index in [9.17, 15) is 19.2 Å². The minimum Gasteiger partial charge on any atom is -0.274 e. The third-order valence-corrected chi connectivity index (χ3v) is 5.94. The molecule has 2 amide bonds. The molecule has 1 aliphatic heterocycles. The van der Waals surface area contributed by atoms with Gasteiger partial charge in [-0.1, -0.05) is 60.7 Å². The van der Waals surface area contributed by atoms with E-state index in [0.717, 1.165) is 10.1 Å². The highest BCUT2D eigenvalue weighted by atomic mass is 16.2. The summed E-state index contributed by atoms with van der Waals surface area (Å²) in [5.41, 5.74) is 0.390. The molecular formula is C23H20N4O4. The number of rotatable bonds is 4. The largest absolute Gasteiger partial charge is 0.347 e. The van der Waals surface area contributed by atoms with Crippen molar-refractivity contribution in [3.8, 4) is 0 Å². The van der Waals surface area contributed by atoms with E-state index in [2.05, 4.69) is 5.10 Å². The summed E-state index contributed by atoms with van der Waals surface area (Å²) in [4.78, 5) is 52.4. The fraction of sp³-hybridized carbons (Fsp3) is 0.217. The second-order valence-electron chi connectivity index (χ2n) is 7.81. The fourth-order valence-electron chi connectivity index (χ4n) is 4.38. The second-order valence-corrected chi connectivity index (χ2v) is 7.81. The van der Waals surface area contributed by atoms with E-state index in [-0.39, 0.29) is 24.8 Å². The summed E-state index contributed by atoms with van der Waals surface area (Å²) < 4.78 is 2.38. The molecule has 8 nitrogen and oxygen atoms in total. The van der Waals surface area contributed by atoms with Gasteiger partial charge in [0.25, 0.3) is 0 Å². The Hall–Kier alpha value is -3.94. The predicted octanol–water partition coefficient (Wildman–Crippen LogP) is 1.69. The van der Waals surface area contributed by atoms with E-state index < -0.39 is 29.3 Å². The standard InChI is InChI=1S/C23H20N4O4/c28-20-18-12-11-17(13-19(18)21(29)26(20)16-9-5-2-6-10-16)27-23(31)25(22(30)24-27)14-15-7-3-1-4-8-15/h1-12,17-19H,13-14H2,(H,24,30)/t17-,18-,19+/m1/s1. The highest BCUT2D eigenvalue weighted by Crippen LogP contribution is 2.39. The van der Waals surface area contributed by atoms with Crippen LogP contribution in [0.25, 0.3) is 0 Å². The number of hydrogen-bond donors (Lipinski definition) is 1. The number of amides is 2. The van der Waals surface area contributed by atoms with Crippen LogP contribution < -0.4 is 16.3 Å². The molecule has 2 aromatic carbocycles. The van der Waals surface area contributed by atoms with E-state index >= 15 is 0 Å². The number of aromatic amines is 1. The first-order valence-corrected chi connectivity index (χ1v) is 10.1. The zero-order chi connectivity index (χ0) is 21.5. The number of benzene rings is 2. The van der Waals surface area contributed by atoms with Crippen molar-refractivity contribution in [2.45, 2.75) is 19.0 Å². The first kappa shape index (κ1) is 19.0. The quantitative estimate of drug-likeness (QED) is 0.517. The van der Waals surface area contributed by atoms with Crippen LogP contribution in [0.3, 0.4) is 0 Å². The van der Waals surface area contributed by atoms with Crippen LogP contribution in [-0.4, -0.2) is 26.2 Å². The molecule has 3 atom stereocenters. The zero-order valence-corrected chi connectivity index (χ0v) is 16.5. The van der Waals surface area contributed by atoms with Gasteiger partial charge in [-0.15, -0.1) is 0 Å². The first-order chi connectivity index (χ1) is 15.0. The molecule has 5 rings (SSSR count). The molecule has 1 fully saturated rings. The van der Waals surface area contributed by atoms with Crippen LogP contribution in [0, 0.1) is 11.8 Å². The molecule has 0 spiro atoms. The van der Waals surface area contributed by atoms with E-state index in [1.807, 2.05) is 36.4 Å². The van der Waals surface area contributed by atoms with Gasteiger partial charge in [0, 0.05) is 0 Å². The van der Waals surface area contributed by atoms with Gasteiger partial charge in [0.05, 0.1) is 30.1 Å². The van der Waals surface area contributed by atoms with E-state index in [4.69, 9.17) is 0 Å². The van der Waals surface area contributed by atoms with Gasteiger partial charge in [-0.2, -0.15) is 0 Å². The lowest BCUT2D eigenvalue weighted by atomic mass is 9.84. The molecule has 2 heterocycles. The molecule has 1 aromatic heterocycles. The number of carbonyl (C=O) groups is 2. The molecule has 31 heavy (non-hydrogen) atoms. The lowest BCUT2D eigenvalue weighted by Crippen LogP contribution is -2.33. The summed E-state index contributed by atoms with van der Waals surface area (Å²) in [6.45, 7) is 0.156. The summed E-state index contributed by atoms with van der Waals surface area (Å²) in [6.07, 6.45) is 3.67. The van der Waals surface area contributed by atoms with Crippen LogP contribution in [0.15, 0.2) is 82.4 Å². The lowest BCUT2D eigenvalue weighted by molar-refractivity contribution is -0.122. The molecular weight excluding hydrogens is 396 g/mol. The van der Waals surface area contributed by atoms with Crippen molar-refractivity contribution in [3.05, 3.63) is 99.3 Å². The number of nitrogens with zero attached hydrogens (tertiary/aromatic N) is 3. The summed E-state index contributed by atoms with van der Waals surface area (Å²) in [7, 11) is 0. The Kier molecular flexibility index (Phi) is 4.54. The number of aromatic nitrogens is 3. The third-order valence-electron chi connectivity index (χ3n) is 5.94. The van der Waals surface area contributed by atoms with Gasteiger partial charge < -0.3 is 0 Å². The molecule has 0 unspecified atom stereocenters. The molecule has 1 N–H and O–H groups in total. The van der Waals surface area contributed by atoms with Gasteiger partial charge >= 0.3 is 11.4 Å². The smallest absolute Gasteiger partial charge is 0.274 e. The Labute approximate surface area is 177 Å². The van der Waals surface area contributed by atoms with Crippen molar-refractivity contribution in [1.82, 2.24) is 14.3 Å². The highest BCUT2D eigenvalue weighted by molar-refractivity contribution is 6.22. The predicted molar refractivity (Wildman–Crippen MR) is 114 cm³/mol. The van der Waals surface area contributed by atoms with Gasteiger partial charge in [0.15, 0.2) is 0 Å². The minimum absolute atomic E-state index is 0.156. The maximum Gasteiger partial charge on any atom is 0.347 e. The van der Waals surface area contributed by atoms with E-state index in [1.165, 1.54) is 9.58 Å². The van der Waals surface area contributed by atoms with Crippen molar-refractivity contribution in [1.29, 1.82) is 0 Å². The maximum absolute atomic E-state index is 13.0. The Morgan fingerprint density at radius 1 is 0.839 bits per heavy atom. The molecule has 8 heteroatoms. The fourth-order valence-corrected chi connectivity index (χ4v) is 4.38. The third kappa shape index (κ3) is 3.16. The SMILES string of the molecule is O=C1[C@H]2C[C@H](n3[nH]c(=O)n(Cc4ccccc4)c3=O)C=C[C@H]2C(=O)N1c1ccccc1. The number of imide groups is 1. The normalized spacial score (nSPS) is 22.7. The van der Waals surface area contributed by atoms with Gasteiger partial charge in [-0.05, 0) is 24.1 Å². The Balaban J connectivity index is 1.43. The number of nitrogens with one attached hydrogen (secondary N) is 1. The van der Waals surface area contributed by atoms with Crippen LogP contribution in [0.5, 0.6) is 0 Å². The van der Waals surface area contributed by atoms with Crippen molar-refractivity contribution in [2.24, 2.45) is 11.8 Å². The number of H-pyrrole nitrogens is 1. The van der Waals surface area contributed by atoms with Crippen LogP contribution in [0.2, 0.25) is 0 Å². The van der Waals surface area contributed by atoms with Crippen LogP contribution in [0.4, 0.5) is 5.69 Å². The van der Waals surface area contributed by atoms with Crippen molar-refractivity contribution < 1.29 is 9.59 Å². The number of anilines is 1. The molecule has 0 radical (unpaired) electrons. The van der Waals surface area contributed by atoms with E-state index in [0.29, 0.717) is 5.69 Å². The molecule has 2 aliphatic rings. The summed E-state index contributed by atoms with van der Waals surface area (Å²) >= 11 is 0. The monoisotopic (exact) mass is 416 g/mol. The second kappa shape index (κ2) is 7.39. The van der Waals surface area contributed by atoms with Crippen molar-refractivity contribution in [3.63, 3.8) is 0 Å². The number of carbonyl (C=O) groups excluding carboxylic acids is 2. The lowest BCUT2D eigenvalue weighted by Gasteiger charge is -2.23. The topological polar surface area (TPSA) is 97.2 Å². The number of hydrogen-bond acceptors (Lipinski definition) is 4. The Morgan fingerprint density at radius 3 is 2.23 bits per heavy atom. The molecule has 1 saturated heterocycles. The van der Waals surface area contributed by atoms with Crippen LogP contribution >= 0.6 is 0 Å². The molecule has 0 bridgehead atoms. The Bertz CT molecular complexity index is 1290. The minimum atomic E-state index is -0.574. The van der Waals surface area contributed by atoms with Crippen LogP contribution in [-0.2, 0) is 16.1 Å².